The molecule has 26 heavy (non-hydrogen) atoms. The molecule has 1 aromatic rings. The number of carbonyl (C=O) groups is 1. The molecular formula is C18H29N3O3S2. The lowest BCUT2D eigenvalue weighted by atomic mass is 10.1. The Morgan fingerprint density at radius 3 is 2.65 bits per heavy atom. The summed E-state index contributed by atoms with van der Waals surface area (Å²) in [6.45, 7) is 4.15. The van der Waals surface area contributed by atoms with E-state index in [1.165, 1.54) is 0 Å². The molecule has 146 valence electrons. The predicted octanol–water partition coefficient (Wildman–Crippen LogP) is 1.46. The zero-order valence-electron chi connectivity index (χ0n) is 15.7. The van der Waals surface area contributed by atoms with Gasteiger partial charge in [-0.25, -0.2) is 8.42 Å². The molecule has 2 rings (SSSR count). The van der Waals surface area contributed by atoms with Crippen molar-refractivity contribution in [1.29, 1.82) is 0 Å². The number of nitrogens with one attached hydrogen (secondary N) is 2. The highest BCUT2D eigenvalue weighted by Gasteiger charge is 2.33. The molecule has 1 fully saturated rings. The van der Waals surface area contributed by atoms with E-state index in [-0.39, 0.29) is 10.8 Å². The average molecular weight is 400 g/mol. The minimum Gasteiger partial charge on any atom is -0.341 e. The lowest BCUT2D eigenvalue weighted by Gasteiger charge is -2.24. The van der Waals surface area contributed by atoms with Gasteiger partial charge >= 0.3 is 0 Å². The Kier molecular flexibility index (Phi) is 7.94. The monoisotopic (exact) mass is 399 g/mol. The van der Waals surface area contributed by atoms with Crippen LogP contribution in [0.15, 0.2) is 29.2 Å². The average Bonchev–Trinajstić information content (AvgIpc) is 3.07. The first-order valence-electron chi connectivity index (χ1n) is 8.88. The third kappa shape index (κ3) is 5.70. The van der Waals surface area contributed by atoms with Crippen LogP contribution in [0.5, 0.6) is 0 Å². The Labute approximate surface area is 161 Å². The fourth-order valence-electron chi connectivity index (χ4n) is 3.15. The van der Waals surface area contributed by atoms with E-state index in [0.717, 1.165) is 24.3 Å². The van der Waals surface area contributed by atoms with Crippen molar-refractivity contribution >= 4 is 27.7 Å². The maximum atomic E-state index is 12.9. The van der Waals surface area contributed by atoms with E-state index in [2.05, 4.69) is 10.0 Å². The summed E-state index contributed by atoms with van der Waals surface area (Å²) in [5.41, 5.74) is 0.992. The summed E-state index contributed by atoms with van der Waals surface area (Å²) >= 11 is 1.61. The van der Waals surface area contributed by atoms with E-state index in [4.69, 9.17) is 0 Å². The summed E-state index contributed by atoms with van der Waals surface area (Å²) in [6.07, 6.45) is 3.39. The van der Waals surface area contributed by atoms with E-state index >= 15 is 0 Å². The highest BCUT2D eigenvalue weighted by Crippen LogP contribution is 2.19. The molecule has 1 saturated heterocycles. The second kappa shape index (κ2) is 9.73. The van der Waals surface area contributed by atoms with Crippen LogP contribution in [-0.2, 0) is 14.8 Å². The van der Waals surface area contributed by atoms with Crippen LogP contribution >= 0.6 is 11.8 Å². The Balaban J connectivity index is 2.11. The summed E-state index contributed by atoms with van der Waals surface area (Å²) in [5.74, 6) is 1.04. The highest BCUT2D eigenvalue weighted by molar-refractivity contribution is 7.98. The maximum absolute atomic E-state index is 12.9. The molecule has 0 radical (unpaired) electrons. The quantitative estimate of drug-likeness (QED) is 0.657. The van der Waals surface area contributed by atoms with Gasteiger partial charge in [-0.3, -0.25) is 4.79 Å². The summed E-state index contributed by atoms with van der Waals surface area (Å²) in [6, 6.07) is 5.95. The van der Waals surface area contributed by atoms with Gasteiger partial charge < -0.3 is 10.2 Å². The summed E-state index contributed by atoms with van der Waals surface area (Å²) in [7, 11) is -1.82. The number of sulfonamides is 1. The van der Waals surface area contributed by atoms with E-state index in [1.807, 2.05) is 20.2 Å². The van der Waals surface area contributed by atoms with Crippen molar-refractivity contribution in [3.05, 3.63) is 29.8 Å². The Bertz CT molecular complexity index is 692. The second-order valence-electron chi connectivity index (χ2n) is 6.77. The Hall–Kier alpha value is -1.09. The van der Waals surface area contributed by atoms with Crippen LogP contribution in [0, 0.1) is 12.8 Å². The lowest BCUT2D eigenvalue weighted by molar-refractivity contribution is -0.132. The van der Waals surface area contributed by atoms with Crippen LogP contribution in [0.1, 0.15) is 18.4 Å². The van der Waals surface area contributed by atoms with Crippen LogP contribution < -0.4 is 10.0 Å². The fourth-order valence-corrected chi connectivity index (χ4v) is 4.84. The van der Waals surface area contributed by atoms with Crippen molar-refractivity contribution in [1.82, 2.24) is 14.9 Å². The van der Waals surface area contributed by atoms with Gasteiger partial charge in [0.05, 0.1) is 4.90 Å². The van der Waals surface area contributed by atoms with Crippen molar-refractivity contribution in [3.8, 4) is 0 Å². The summed E-state index contributed by atoms with van der Waals surface area (Å²) in [5, 5.41) is 3.14. The number of hydrogen-bond donors (Lipinski definition) is 2. The van der Waals surface area contributed by atoms with E-state index < -0.39 is 16.1 Å². The molecule has 6 nitrogen and oxygen atoms in total. The first kappa shape index (κ1) is 21.2. The predicted molar refractivity (Wildman–Crippen MR) is 107 cm³/mol. The number of likely N-dealkylation sites (tertiary alicyclic amines) is 1. The van der Waals surface area contributed by atoms with Crippen LogP contribution in [0.2, 0.25) is 0 Å². The van der Waals surface area contributed by atoms with E-state index in [1.54, 1.807) is 40.9 Å². The number of aryl methyl sites for hydroxylation is 1. The number of rotatable bonds is 9. The molecular weight excluding hydrogens is 370 g/mol. The summed E-state index contributed by atoms with van der Waals surface area (Å²) < 4.78 is 28.0. The minimum absolute atomic E-state index is 0.117. The molecule has 2 atom stereocenters. The molecule has 0 aromatic heterocycles. The third-order valence-corrected chi connectivity index (χ3v) is 6.76. The first-order chi connectivity index (χ1) is 12.4. The van der Waals surface area contributed by atoms with Gasteiger partial charge in [0.15, 0.2) is 0 Å². The maximum Gasteiger partial charge on any atom is 0.241 e. The topological polar surface area (TPSA) is 78.5 Å². The molecule has 0 aliphatic carbocycles. The van der Waals surface area contributed by atoms with Gasteiger partial charge in [-0.1, -0.05) is 17.7 Å². The smallest absolute Gasteiger partial charge is 0.241 e. The molecule has 8 heteroatoms. The molecule has 0 saturated carbocycles. The molecule has 1 amide bonds. The molecule has 1 aliphatic heterocycles. The van der Waals surface area contributed by atoms with Crippen molar-refractivity contribution in [2.24, 2.45) is 5.92 Å². The largest absolute Gasteiger partial charge is 0.341 e. The van der Waals surface area contributed by atoms with Crippen LogP contribution in [0.25, 0.3) is 0 Å². The summed E-state index contributed by atoms with van der Waals surface area (Å²) in [4.78, 5) is 14.9. The number of amides is 1. The highest BCUT2D eigenvalue weighted by atomic mass is 32.2. The molecule has 1 aliphatic rings. The number of thioether (sulfide) groups is 1. The molecule has 0 bridgehead atoms. The molecule has 2 unspecified atom stereocenters. The Morgan fingerprint density at radius 2 is 2.04 bits per heavy atom. The molecule has 0 spiro atoms. The second-order valence-corrected chi connectivity index (χ2v) is 9.46. The molecule has 1 heterocycles. The van der Waals surface area contributed by atoms with Crippen molar-refractivity contribution in [2.45, 2.75) is 30.7 Å². The Morgan fingerprint density at radius 1 is 1.35 bits per heavy atom. The van der Waals surface area contributed by atoms with Crippen molar-refractivity contribution in [2.75, 3.05) is 38.7 Å². The van der Waals surface area contributed by atoms with Crippen molar-refractivity contribution in [3.63, 3.8) is 0 Å². The standard InChI is InChI=1S/C18H29N3O3S2/c1-14-4-6-16(7-5-14)26(23,24)20-17(9-11-25-3)18(22)21-10-8-15(13-21)12-19-2/h4-7,15,17,19-20H,8-13H2,1-3H3. The van der Waals surface area contributed by atoms with Crippen LogP contribution in [0.3, 0.4) is 0 Å². The zero-order chi connectivity index (χ0) is 19.2. The van der Waals surface area contributed by atoms with Gasteiger partial charge in [-0.15, -0.1) is 0 Å². The third-order valence-electron chi connectivity index (χ3n) is 4.63. The van der Waals surface area contributed by atoms with Crippen molar-refractivity contribution < 1.29 is 13.2 Å². The number of hydrogen-bond acceptors (Lipinski definition) is 5. The fraction of sp³-hybridized carbons (Fsp3) is 0.611. The van der Waals surface area contributed by atoms with Gasteiger partial charge in [0, 0.05) is 13.1 Å². The molecule has 1 aromatic carbocycles. The van der Waals surface area contributed by atoms with E-state index in [0.29, 0.717) is 25.4 Å². The lowest BCUT2D eigenvalue weighted by Crippen LogP contribution is -2.48. The van der Waals surface area contributed by atoms with Gasteiger partial charge in [-0.2, -0.15) is 16.5 Å². The van der Waals surface area contributed by atoms with E-state index in [9.17, 15) is 13.2 Å². The molecule has 2 N–H and O–H groups in total. The van der Waals surface area contributed by atoms with Gasteiger partial charge in [0.1, 0.15) is 6.04 Å². The van der Waals surface area contributed by atoms with Gasteiger partial charge in [0.2, 0.25) is 15.9 Å². The number of nitrogens with zero attached hydrogens (tertiary/aromatic N) is 1. The number of benzene rings is 1. The first-order valence-corrected chi connectivity index (χ1v) is 11.8. The SMILES string of the molecule is CNCC1CCN(C(=O)C(CCSC)NS(=O)(=O)c2ccc(C)cc2)C1. The zero-order valence-corrected chi connectivity index (χ0v) is 17.3. The number of carbonyl (C=O) groups excluding carboxylic acids is 1. The minimum atomic E-state index is -3.72. The van der Waals surface area contributed by atoms with Gasteiger partial charge in [0.25, 0.3) is 0 Å². The van der Waals surface area contributed by atoms with Crippen LogP contribution in [-0.4, -0.2) is 64.0 Å². The normalized spacial score (nSPS) is 18.9. The van der Waals surface area contributed by atoms with Crippen LogP contribution in [0.4, 0.5) is 0 Å². The van der Waals surface area contributed by atoms with Gasteiger partial charge in [-0.05, 0) is 63.4 Å².